The summed E-state index contributed by atoms with van der Waals surface area (Å²) in [5.41, 5.74) is -30.2. The molecule has 1 saturated heterocycles. The molecule has 4 aromatic rings. The van der Waals surface area contributed by atoms with Crippen LogP contribution in [0.2, 0.25) is 0 Å². The molecule has 0 aromatic heterocycles. The van der Waals surface area contributed by atoms with Crippen LogP contribution in [-0.4, -0.2) is 78.6 Å². The van der Waals surface area contributed by atoms with E-state index in [0.29, 0.717) is 0 Å². The maximum absolute atomic E-state index is 14.2. The van der Waals surface area contributed by atoms with Crippen LogP contribution in [0.25, 0.3) is 0 Å². The summed E-state index contributed by atoms with van der Waals surface area (Å²) >= 11 is 8.00. The quantitative estimate of drug-likeness (QED) is 0.149. The second-order valence-corrected chi connectivity index (χ2v) is 20.8. The van der Waals surface area contributed by atoms with Crippen molar-refractivity contribution in [1.82, 2.24) is 0 Å². The molecule has 1 fully saturated rings. The Balaban J connectivity index is 0.000000676. The summed E-state index contributed by atoms with van der Waals surface area (Å²) in [5, 5.41) is 0. The molecule has 0 N–H and O–H groups in total. The molecule has 0 amide bonds. The van der Waals surface area contributed by atoms with Gasteiger partial charge < -0.3 is 9.47 Å². The Kier molecular flexibility index (Phi) is 24.6. The van der Waals surface area contributed by atoms with Crippen LogP contribution in [0.3, 0.4) is 0 Å². The van der Waals surface area contributed by atoms with Gasteiger partial charge >= 0.3 is 101 Å². The van der Waals surface area contributed by atoms with Gasteiger partial charge in [0.2, 0.25) is 0 Å². The van der Waals surface area contributed by atoms with Crippen molar-refractivity contribution in [2.75, 3.05) is 72.5 Å². The van der Waals surface area contributed by atoms with Gasteiger partial charge in [0.1, 0.15) is 6.15 Å². The Bertz CT molecular complexity index is 1990. The molecule has 0 bridgehead atoms. The van der Waals surface area contributed by atoms with Crippen molar-refractivity contribution in [3.8, 4) is 0 Å². The van der Waals surface area contributed by atoms with Crippen molar-refractivity contribution < 1.29 is 166 Å². The summed E-state index contributed by atoms with van der Waals surface area (Å²) in [4.78, 5) is 0. The molecule has 1 heterocycles. The molecular weight excluding hydrogens is 1190 g/mol. The van der Waals surface area contributed by atoms with E-state index in [1.807, 2.05) is 47.0 Å². The van der Waals surface area contributed by atoms with Gasteiger partial charge in [0, 0.05) is 46.0 Å². The Morgan fingerprint density at radius 1 is 0.250 bits per heavy atom. The molecule has 420 valence electrons. The topological polar surface area (TPSA) is 18.5 Å². The summed E-state index contributed by atoms with van der Waals surface area (Å²) in [6.45, 7) is 3.64. The van der Waals surface area contributed by atoms with Crippen molar-refractivity contribution >= 4 is 75.0 Å². The summed E-state index contributed by atoms with van der Waals surface area (Å²) < 4.78 is 352. The SMILES string of the molecule is C1CSCCSCCOCCSCCSCCO1.FC(F)(F)c1cc([B-](c2cc(C(F)(F)F)cc(C(F)(F)F)c2)(c2cc(C(F)(F)F)cc(C(F)(F)F)c2)c2cc(C(F)(F)F)cc(C(F)(F)F)c2)cc(C(F)(F)F)c1.[K+]. The standard InChI is InChI=1S/C32H12BF24.C12H24O2S4.K/c34-25(35,36)13-1-14(26(37,38)39)6-21(5-13)33(22-7-15(27(40,41)42)2-16(8-22)28(43,44)45,23-9-17(29(46,47)48)3-18(10-23)30(49,50)51)24-11-19(31(52,53)54)4-20(12-24)32(55,56)57;1-5-15-9-10-17-7-3-14-4-8-18-12-11-16-6-2-13-1;/h1-12H;1-12H2;/q-1;;+1. The fraction of sp³-hybridized carbons (Fsp3) is 0.455. The fourth-order valence-electron chi connectivity index (χ4n) is 7.39. The number of halogens is 24. The molecule has 1 aliphatic rings. The monoisotopic (exact) mass is 1230 g/mol. The number of thioether (sulfide) groups is 4. The Labute approximate surface area is 476 Å². The van der Waals surface area contributed by atoms with E-state index >= 15 is 0 Å². The zero-order chi connectivity index (χ0) is 56.6. The van der Waals surface area contributed by atoms with E-state index in [0.717, 1.165) is 49.4 Å². The van der Waals surface area contributed by atoms with E-state index in [9.17, 15) is 105 Å². The summed E-state index contributed by atoms with van der Waals surface area (Å²) in [7, 11) is 0. The van der Waals surface area contributed by atoms with Crippen molar-refractivity contribution in [3.63, 3.8) is 0 Å². The molecule has 0 spiro atoms. The number of rotatable bonds is 4. The average molecular weight is 1230 g/mol. The minimum atomic E-state index is -6.13. The predicted molar refractivity (Wildman–Crippen MR) is 241 cm³/mol. The van der Waals surface area contributed by atoms with Gasteiger partial charge in [0.05, 0.1) is 70.9 Å². The van der Waals surface area contributed by atoms with Crippen LogP contribution < -0.4 is 73.2 Å². The van der Waals surface area contributed by atoms with E-state index < -0.39 is 195 Å². The van der Waals surface area contributed by atoms with E-state index in [1.165, 1.54) is 23.0 Å². The van der Waals surface area contributed by atoms with Gasteiger partial charge in [-0.3, -0.25) is 0 Å². The van der Waals surface area contributed by atoms with E-state index in [4.69, 9.17) is 9.47 Å². The minimum absolute atomic E-state index is 0. The zero-order valence-electron chi connectivity index (χ0n) is 38.5. The Morgan fingerprint density at radius 2 is 0.395 bits per heavy atom. The maximum atomic E-state index is 14.2. The van der Waals surface area contributed by atoms with Crippen LogP contribution in [0, 0.1) is 0 Å². The second-order valence-electron chi connectivity index (χ2n) is 15.9. The van der Waals surface area contributed by atoms with Gasteiger partial charge in [-0.25, -0.2) is 0 Å². The maximum Gasteiger partial charge on any atom is 1.00 e. The summed E-state index contributed by atoms with van der Waals surface area (Å²) in [6, 6.07) is -8.81. The van der Waals surface area contributed by atoms with Gasteiger partial charge in [0.15, 0.2) is 0 Å². The average Bonchev–Trinajstić information content (AvgIpc) is 3.27. The molecule has 0 atom stereocenters. The van der Waals surface area contributed by atoms with Crippen molar-refractivity contribution in [2.24, 2.45) is 0 Å². The third-order valence-corrected chi connectivity index (χ3v) is 15.0. The van der Waals surface area contributed by atoms with Crippen LogP contribution in [0.5, 0.6) is 0 Å². The number of hydrogen-bond acceptors (Lipinski definition) is 6. The molecule has 0 aliphatic carbocycles. The van der Waals surface area contributed by atoms with E-state index in [2.05, 4.69) is 0 Å². The first kappa shape index (κ1) is 68.5. The van der Waals surface area contributed by atoms with Gasteiger partial charge in [-0.05, 0) is 24.3 Å². The van der Waals surface area contributed by atoms with Crippen molar-refractivity contribution in [2.45, 2.75) is 49.4 Å². The molecule has 4 aromatic carbocycles. The smallest absolute Gasteiger partial charge is 0.380 e. The number of alkyl halides is 24. The third-order valence-electron chi connectivity index (χ3n) is 10.7. The van der Waals surface area contributed by atoms with Crippen molar-refractivity contribution in [3.05, 3.63) is 117 Å². The molecule has 32 heteroatoms. The van der Waals surface area contributed by atoms with Gasteiger partial charge in [0.25, 0.3) is 0 Å². The van der Waals surface area contributed by atoms with Crippen molar-refractivity contribution in [1.29, 1.82) is 0 Å². The summed E-state index contributed by atoms with van der Waals surface area (Å²) in [5.74, 6) is 9.48. The fourth-order valence-corrected chi connectivity index (χ4v) is 11.0. The van der Waals surface area contributed by atoms with Crippen LogP contribution >= 0.6 is 47.0 Å². The molecule has 76 heavy (non-hydrogen) atoms. The first-order valence-corrected chi connectivity index (χ1v) is 25.7. The first-order chi connectivity index (χ1) is 34.3. The number of hydrogen-bond donors (Lipinski definition) is 0. The van der Waals surface area contributed by atoms with E-state index in [-0.39, 0.29) is 51.4 Å². The molecular formula is C44H36BF24KO2S4. The molecule has 1 aliphatic heterocycles. The number of ether oxygens (including phenoxy) is 2. The van der Waals surface area contributed by atoms with Gasteiger partial charge in [-0.2, -0.15) is 174 Å². The largest absolute Gasteiger partial charge is 1.00 e. The molecule has 0 saturated carbocycles. The molecule has 0 unspecified atom stereocenters. The first-order valence-electron chi connectivity index (χ1n) is 21.1. The summed E-state index contributed by atoms with van der Waals surface area (Å²) in [6.07, 6.45) is -54.8. The van der Waals surface area contributed by atoms with Crippen LogP contribution in [0.15, 0.2) is 72.8 Å². The predicted octanol–water partition coefficient (Wildman–Crippen LogP) is 11.2. The zero-order valence-corrected chi connectivity index (χ0v) is 44.9. The van der Waals surface area contributed by atoms with E-state index in [1.54, 1.807) is 0 Å². The number of benzene rings is 4. The molecule has 2 nitrogen and oxygen atoms in total. The normalized spacial score (nSPS) is 16.4. The Morgan fingerprint density at radius 3 is 0.526 bits per heavy atom. The van der Waals surface area contributed by atoms with Gasteiger partial charge in [-0.15, -0.1) is 0 Å². The second kappa shape index (κ2) is 27.3. The molecule has 0 radical (unpaired) electrons. The van der Waals surface area contributed by atoms with Crippen LogP contribution in [0.4, 0.5) is 105 Å². The third kappa shape index (κ3) is 19.7. The minimum Gasteiger partial charge on any atom is -0.380 e. The van der Waals surface area contributed by atoms with Gasteiger partial charge in [-0.1, -0.05) is 48.5 Å². The van der Waals surface area contributed by atoms with Crippen LogP contribution in [-0.2, 0) is 58.9 Å². The van der Waals surface area contributed by atoms with Crippen LogP contribution in [0.1, 0.15) is 44.5 Å². The Hall–Kier alpha value is -1.78. The molecule has 5 rings (SSSR count).